The van der Waals surface area contributed by atoms with E-state index in [1.54, 1.807) is 0 Å². The van der Waals surface area contributed by atoms with Crippen LogP contribution in [0.2, 0.25) is 16.6 Å². The number of methoxy groups -OCH3 is 1. The van der Waals surface area contributed by atoms with Gasteiger partial charge in [-0.2, -0.15) is 0 Å². The average molecular weight is 465 g/mol. The lowest BCUT2D eigenvalue weighted by Crippen LogP contribution is -2.62. The van der Waals surface area contributed by atoms with Crippen LogP contribution in [0.5, 0.6) is 0 Å². The van der Waals surface area contributed by atoms with Crippen LogP contribution in [-0.2, 0) is 23.5 Å². The second kappa shape index (κ2) is 7.56. The number of hydrogen-bond acceptors (Lipinski definition) is 5. The molecular formula is C26H44O5Si. The molecule has 4 aliphatic rings. The van der Waals surface area contributed by atoms with Gasteiger partial charge in [-0.05, 0) is 53.1 Å². The quantitative estimate of drug-likeness (QED) is 0.363. The fourth-order valence-corrected chi connectivity index (χ4v) is 15.3. The SMILES string of the molecule is COC(=O)[C@H]1C[C@@]23OC(=O)C[C@H]4CC[C@@H]1[C@]42CC(C)(C)[C@H]3O[Si](C(C)C)(C(C)C)C(C)C. The molecule has 1 heterocycles. The van der Waals surface area contributed by atoms with Crippen molar-refractivity contribution in [1.29, 1.82) is 0 Å². The minimum atomic E-state index is -2.24. The molecule has 6 atom stereocenters. The lowest BCUT2D eigenvalue weighted by molar-refractivity contribution is -0.209. The van der Waals surface area contributed by atoms with E-state index < -0.39 is 13.9 Å². The predicted octanol–water partition coefficient (Wildman–Crippen LogP) is 5.87. The Morgan fingerprint density at radius 3 is 2.19 bits per heavy atom. The normalized spacial score (nSPS) is 40.1. The Kier molecular flexibility index (Phi) is 5.73. The van der Waals surface area contributed by atoms with Crippen LogP contribution in [0.25, 0.3) is 0 Å². The van der Waals surface area contributed by atoms with Crippen LogP contribution in [0.15, 0.2) is 0 Å². The van der Waals surface area contributed by atoms with Gasteiger partial charge in [-0.25, -0.2) is 0 Å². The zero-order valence-corrected chi connectivity index (χ0v) is 22.6. The number of rotatable bonds is 6. The van der Waals surface area contributed by atoms with Gasteiger partial charge in [0, 0.05) is 18.3 Å². The summed E-state index contributed by atoms with van der Waals surface area (Å²) in [5.41, 5.74) is 0.325. The molecule has 5 nitrogen and oxygen atoms in total. The summed E-state index contributed by atoms with van der Waals surface area (Å²) in [6.45, 7) is 18.5. The summed E-state index contributed by atoms with van der Waals surface area (Å²) in [4.78, 5) is 25.9. The Balaban J connectivity index is 1.89. The van der Waals surface area contributed by atoms with Crippen molar-refractivity contribution in [2.75, 3.05) is 7.11 Å². The van der Waals surface area contributed by atoms with Crippen LogP contribution in [0.3, 0.4) is 0 Å². The van der Waals surface area contributed by atoms with E-state index in [2.05, 4.69) is 55.4 Å². The van der Waals surface area contributed by atoms with Gasteiger partial charge in [0.1, 0.15) is 5.60 Å². The summed E-state index contributed by atoms with van der Waals surface area (Å²) >= 11 is 0. The lowest BCUT2D eigenvalue weighted by Gasteiger charge is -2.53. The summed E-state index contributed by atoms with van der Waals surface area (Å²) in [5, 5.41) is 0. The molecule has 4 fully saturated rings. The Bertz CT molecular complexity index is 767. The van der Waals surface area contributed by atoms with Crippen molar-refractivity contribution >= 4 is 20.3 Å². The maximum absolute atomic E-state index is 13.0. The first-order valence-electron chi connectivity index (χ1n) is 12.8. The molecule has 1 aliphatic heterocycles. The van der Waals surface area contributed by atoms with Crippen LogP contribution < -0.4 is 0 Å². The highest BCUT2D eigenvalue weighted by Crippen LogP contribution is 2.78. The highest BCUT2D eigenvalue weighted by atomic mass is 28.4. The lowest BCUT2D eigenvalue weighted by atomic mass is 9.63. The Hall–Kier alpha value is -0.883. The smallest absolute Gasteiger partial charge is 0.309 e. The first-order chi connectivity index (χ1) is 14.8. The van der Waals surface area contributed by atoms with Gasteiger partial charge < -0.3 is 13.9 Å². The minimum Gasteiger partial charge on any atom is -0.469 e. The van der Waals surface area contributed by atoms with Gasteiger partial charge in [-0.15, -0.1) is 0 Å². The topological polar surface area (TPSA) is 61.8 Å². The van der Waals surface area contributed by atoms with Crippen LogP contribution in [0.4, 0.5) is 0 Å². The van der Waals surface area contributed by atoms with E-state index in [4.69, 9.17) is 13.9 Å². The van der Waals surface area contributed by atoms with Crippen LogP contribution in [-0.4, -0.2) is 39.1 Å². The van der Waals surface area contributed by atoms with E-state index >= 15 is 0 Å². The molecule has 3 aliphatic carbocycles. The van der Waals surface area contributed by atoms with Gasteiger partial charge >= 0.3 is 11.9 Å². The van der Waals surface area contributed by atoms with E-state index in [-0.39, 0.29) is 46.6 Å². The van der Waals surface area contributed by atoms with Crippen molar-refractivity contribution < 1.29 is 23.5 Å². The van der Waals surface area contributed by atoms with Gasteiger partial charge in [-0.3, -0.25) is 9.59 Å². The molecule has 0 amide bonds. The van der Waals surface area contributed by atoms with Gasteiger partial charge in [-0.1, -0.05) is 55.4 Å². The molecule has 0 radical (unpaired) electrons. The van der Waals surface area contributed by atoms with E-state index in [0.717, 1.165) is 19.3 Å². The molecule has 6 heteroatoms. The summed E-state index contributed by atoms with van der Waals surface area (Å²) in [7, 11) is -0.751. The molecule has 0 bridgehead atoms. The molecule has 0 unspecified atom stereocenters. The number of ether oxygens (including phenoxy) is 2. The first kappa shape index (κ1) is 24.2. The van der Waals surface area contributed by atoms with Crippen molar-refractivity contribution in [3.63, 3.8) is 0 Å². The van der Waals surface area contributed by atoms with Crippen molar-refractivity contribution in [3.8, 4) is 0 Å². The highest BCUT2D eigenvalue weighted by Gasteiger charge is 2.82. The predicted molar refractivity (Wildman–Crippen MR) is 127 cm³/mol. The standard InChI is InChI=1S/C26H44O5Si/c1-15(2)32(16(3)4,17(5)6)31-23-24(7,8)14-25-18-10-11-20(25)19(22(28)29-9)13-26(23,25)30-21(27)12-18/h15-20,23H,10-14H2,1-9H3/t18-,19+,20+,23-,25+,26+/m1/s1. The fourth-order valence-electron chi connectivity index (χ4n) is 9.52. The highest BCUT2D eigenvalue weighted by molar-refractivity contribution is 6.77. The third-order valence-electron chi connectivity index (χ3n) is 10.1. The molecule has 1 spiro atoms. The molecule has 4 rings (SSSR count). The first-order valence-corrected chi connectivity index (χ1v) is 14.9. The van der Waals surface area contributed by atoms with Gasteiger partial charge in [0.25, 0.3) is 0 Å². The maximum atomic E-state index is 13.0. The molecule has 0 aromatic carbocycles. The van der Waals surface area contributed by atoms with Crippen LogP contribution >= 0.6 is 0 Å². The van der Waals surface area contributed by atoms with Crippen molar-refractivity contribution in [1.82, 2.24) is 0 Å². The third-order valence-corrected chi connectivity index (χ3v) is 16.2. The third kappa shape index (κ3) is 2.83. The minimum absolute atomic E-state index is 0.103. The van der Waals surface area contributed by atoms with Crippen LogP contribution in [0.1, 0.15) is 87.5 Å². The Labute approximate surface area is 195 Å². The number of carbonyl (C=O) groups is 2. The average Bonchev–Trinajstić information content (AvgIpc) is 3.22. The molecule has 0 aromatic heterocycles. The van der Waals surface area contributed by atoms with Gasteiger partial charge in [0.05, 0.1) is 19.1 Å². The van der Waals surface area contributed by atoms with E-state index in [1.807, 2.05) is 0 Å². The van der Waals surface area contributed by atoms with E-state index in [1.165, 1.54) is 7.11 Å². The second-order valence-corrected chi connectivity index (χ2v) is 18.2. The van der Waals surface area contributed by atoms with Crippen molar-refractivity contribution in [2.24, 2.45) is 28.6 Å². The zero-order valence-electron chi connectivity index (χ0n) is 21.6. The number of hydrogen-bond donors (Lipinski definition) is 0. The van der Waals surface area contributed by atoms with E-state index in [0.29, 0.717) is 29.5 Å². The summed E-state index contributed by atoms with van der Waals surface area (Å²) < 4.78 is 19.3. The van der Waals surface area contributed by atoms with Gasteiger partial charge in [0.2, 0.25) is 8.32 Å². The second-order valence-electron chi connectivity index (χ2n) is 12.8. The summed E-state index contributed by atoms with van der Waals surface area (Å²) in [6, 6.07) is 0. The van der Waals surface area contributed by atoms with Crippen molar-refractivity contribution in [3.05, 3.63) is 0 Å². The molecule has 1 saturated heterocycles. The molecule has 3 saturated carbocycles. The number of carbonyl (C=O) groups excluding carboxylic acids is 2. The Morgan fingerprint density at radius 1 is 1.06 bits per heavy atom. The van der Waals surface area contributed by atoms with Crippen LogP contribution in [0, 0.1) is 28.6 Å². The summed E-state index contributed by atoms with van der Waals surface area (Å²) in [6.07, 6.45) is 3.79. The Morgan fingerprint density at radius 2 is 1.66 bits per heavy atom. The number of esters is 2. The fraction of sp³-hybridized carbons (Fsp3) is 0.923. The van der Waals surface area contributed by atoms with Gasteiger partial charge in [0.15, 0.2) is 0 Å². The largest absolute Gasteiger partial charge is 0.469 e. The zero-order chi connectivity index (χ0) is 23.9. The molecule has 0 aromatic rings. The maximum Gasteiger partial charge on any atom is 0.309 e. The summed E-state index contributed by atoms with van der Waals surface area (Å²) in [5.74, 6) is 0.0531. The molecule has 32 heavy (non-hydrogen) atoms. The molecule has 182 valence electrons. The monoisotopic (exact) mass is 464 g/mol. The molecule has 0 N–H and O–H groups in total. The van der Waals surface area contributed by atoms with E-state index in [9.17, 15) is 9.59 Å². The van der Waals surface area contributed by atoms with Crippen molar-refractivity contribution in [2.45, 2.75) is 116 Å². The molecular weight excluding hydrogens is 420 g/mol.